The number of benzene rings is 1. The Morgan fingerprint density at radius 3 is 2.79 bits per heavy atom. The number of rotatable bonds is 4. The predicted molar refractivity (Wildman–Crippen MR) is 95.3 cm³/mol. The monoisotopic (exact) mass is 317 g/mol. The second-order valence-electron chi connectivity index (χ2n) is 5.96. The van der Waals surface area contributed by atoms with Gasteiger partial charge in [0.1, 0.15) is 5.82 Å². The van der Waals surface area contributed by atoms with E-state index in [4.69, 9.17) is 4.98 Å². The van der Waals surface area contributed by atoms with E-state index in [9.17, 15) is 0 Å². The van der Waals surface area contributed by atoms with Gasteiger partial charge in [-0.05, 0) is 43.2 Å². The van der Waals surface area contributed by atoms with Gasteiger partial charge in [-0.3, -0.25) is 4.98 Å². The molecule has 0 saturated heterocycles. The van der Waals surface area contributed by atoms with Gasteiger partial charge in [0.25, 0.3) is 0 Å². The standard InChI is InChI=1S/C19H19N5/c1-14-12-15-6-2-3-8-17(15)24(14)18-9-11-21-19(23-18)22-13-16-7-4-5-10-20-16/h2-11,14H,12-13H2,1H3,(H,21,22,23). The van der Waals surface area contributed by atoms with Crippen LogP contribution in [-0.2, 0) is 13.0 Å². The third-order valence-corrected chi connectivity index (χ3v) is 4.25. The van der Waals surface area contributed by atoms with Crippen molar-refractivity contribution in [2.24, 2.45) is 0 Å². The molecule has 0 fully saturated rings. The normalized spacial score (nSPS) is 16.0. The molecule has 1 unspecified atom stereocenters. The summed E-state index contributed by atoms with van der Waals surface area (Å²) in [4.78, 5) is 15.6. The van der Waals surface area contributed by atoms with E-state index in [0.29, 0.717) is 18.5 Å². The summed E-state index contributed by atoms with van der Waals surface area (Å²) in [5.74, 6) is 1.54. The molecular weight excluding hydrogens is 298 g/mol. The van der Waals surface area contributed by atoms with Crippen LogP contribution in [0.15, 0.2) is 60.9 Å². The Balaban J connectivity index is 1.57. The van der Waals surface area contributed by atoms with Crippen LogP contribution in [0.3, 0.4) is 0 Å². The molecule has 2 aromatic heterocycles. The Morgan fingerprint density at radius 2 is 1.92 bits per heavy atom. The number of nitrogens with zero attached hydrogens (tertiary/aromatic N) is 4. The first kappa shape index (κ1) is 14.6. The van der Waals surface area contributed by atoms with Gasteiger partial charge in [-0.2, -0.15) is 4.98 Å². The quantitative estimate of drug-likeness (QED) is 0.797. The van der Waals surface area contributed by atoms with Crippen LogP contribution in [0.5, 0.6) is 0 Å². The Bertz CT molecular complexity index is 834. The minimum Gasteiger partial charge on any atom is -0.349 e. The van der Waals surface area contributed by atoms with E-state index < -0.39 is 0 Å². The molecule has 5 nitrogen and oxygen atoms in total. The molecule has 1 aromatic carbocycles. The molecule has 0 spiro atoms. The van der Waals surface area contributed by atoms with Crippen LogP contribution in [0.1, 0.15) is 18.2 Å². The summed E-state index contributed by atoms with van der Waals surface area (Å²) in [6.45, 7) is 2.83. The first-order valence-electron chi connectivity index (χ1n) is 8.15. The van der Waals surface area contributed by atoms with Crippen LogP contribution in [0.4, 0.5) is 17.5 Å². The fourth-order valence-corrected chi connectivity index (χ4v) is 3.16. The zero-order valence-corrected chi connectivity index (χ0v) is 13.6. The maximum absolute atomic E-state index is 4.70. The summed E-state index contributed by atoms with van der Waals surface area (Å²) >= 11 is 0. The zero-order chi connectivity index (χ0) is 16.4. The van der Waals surface area contributed by atoms with Crippen LogP contribution in [0.2, 0.25) is 0 Å². The molecular formula is C19H19N5. The van der Waals surface area contributed by atoms with Gasteiger partial charge >= 0.3 is 0 Å². The molecule has 0 amide bonds. The maximum atomic E-state index is 4.70. The lowest BCUT2D eigenvalue weighted by atomic mass is 10.1. The molecule has 1 aliphatic rings. The van der Waals surface area contributed by atoms with E-state index in [2.05, 4.69) is 51.4 Å². The van der Waals surface area contributed by atoms with Gasteiger partial charge in [0, 0.05) is 24.1 Å². The molecule has 24 heavy (non-hydrogen) atoms. The highest BCUT2D eigenvalue weighted by Gasteiger charge is 2.27. The molecule has 120 valence electrons. The highest BCUT2D eigenvalue weighted by atomic mass is 15.3. The van der Waals surface area contributed by atoms with E-state index in [1.54, 1.807) is 12.4 Å². The summed E-state index contributed by atoms with van der Waals surface area (Å²) in [6.07, 6.45) is 4.63. The van der Waals surface area contributed by atoms with Gasteiger partial charge in [-0.1, -0.05) is 24.3 Å². The van der Waals surface area contributed by atoms with E-state index in [-0.39, 0.29) is 0 Å². The van der Waals surface area contributed by atoms with Gasteiger partial charge in [0.15, 0.2) is 0 Å². The molecule has 0 saturated carbocycles. The Labute approximate surface area is 141 Å². The largest absolute Gasteiger partial charge is 0.349 e. The van der Waals surface area contributed by atoms with Crippen molar-refractivity contribution in [2.75, 3.05) is 10.2 Å². The summed E-state index contributed by atoms with van der Waals surface area (Å²) in [5.41, 5.74) is 3.57. The molecule has 0 bridgehead atoms. The lowest BCUT2D eigenvalue weighted by molar-refractivity contribution is 0.749. The number of hydrogen-bond donors (Lipinski definition) is 1. The first-order valence-corrected chi connectivity index (χ1v) is 8.15. The van der Waals surface area contributed by atoms with Crippen molar-refractivity contribution >= 4 is 17.5 Å². The highest BCUT2D eigenvalue weighted by molar-refractivity contribution is 5.69. The summed E-state index contributed by atoms with van der Waals surface area (Å²) < 4.78 is 0. The molecule has 1 atom stereocenters. The highest BCUT2D eigenvalue weighted by Crippen LogP contribution is 2.37. The number of anilines is 3. The second-order valence-corrected chi connectivity index (χ2v) is 5.96. The number of nitrogens with one attached hydrogen (secondary N) is 1. The average Bonchev–Trinajstić information content (AvgIpc) is 2.97. The molecule has 3 aromatic rings. The minimum atomic E-state index is 0.390. The van der Waals surface area contributed by atoms with Crippen LogP contribution in [-0.4, -0.2) is 21.0 Å². The van der Waals surface area contributed by atoms with Crippen molar-refractivity contribution in [3.63, 3.8) is 0 Å². The molecule has 0 radical (unpaired) electrons. The van der Waals surface area contributed by atoms with Gasteiger partial charge in [-0.15, -0.1) is 0 Å². The number of aromatic nitrogens is 3. The molecule has 4 rings (SSSR count). The number of pyridine rings is 1. The molecule has 1 N–H and O–H groups in total. The lowest BCUT2D eigenvalue weighted by Gasteiger charge is -2.24. The molecule has 0 aliphatic carbocycles. The number of hydrogen-bond acceptors (Lipinski definition) is 5. The smallest absolute Gasteiger partial charge is 0.224 e. The molecule has 3 heterocycles. The lowest BCUT2D eigenvalue weighted by Crippen LogP contribution is -2.25. The molecule has 1 aliphatic heterocycles. The topological polar surface area (TPSA) is 53.9 Å². The van der Waals surface area contributed by atoms with Gasteiger partial charge < -0.3 is 10.2 Å². The van der Waals surface area contributed by atoms with Crippen molar-refractivity contribution < 1.29 is 0 Å². The van der Waals surface area contributed by atoms with Crippen LogP contribution in [0.25, 0.3) is 0 Å². The summed E-state index contributed by atoms with van der Waals surface area (Å²) in [7, 11) is 0. The Morgan fingerprint density at radius 1 is 1.04 bits per heavy atom. The van der Waals surface area contributed by atoms with Crippen molar-refractivity contribution in [3.05, 3.63) is 72.2 Å². The minimum absolute atomic E-state index is 0.390. The predicted octanol–water partition coefficient (Wildman–Crippen LogP) is 3.57. The van der Waals surface area contributed by atoms with E-state index >= 15 is 0 Å². The van der Waals surface area contributed by atoms with Crippen molar-refractivity contribution in [3.8, 4) is 0 Å². The molecule has 5 heteroatoms. The van der Waals surface area contributed by atoms with Crippen molar-refractivity contribution in [2.45, 2.75) is 25.9 Å². The number of para-hydroxylation sites is 1. The zero-order valence-electron chi connectivity index (χ0n) is 13.6. The van der Waals surface area contributed by atoms with E-state index in [0.717, 1.165) is 17.9 Å². The average molecular weight is 317 g/mol. The first-order chi connectivity index (χ1) is 11.8. The van der Waals surface area contributed by atoms with Crippen LogP contribution < -0.4 is 10.2 Å². The van der Waals surface area contributed by atoms with Gasteiger partial charge in [-0.25, -0.2) is 4.98 Å². The van der Waals surface area contributed by atoms with Crippen molar-refractivity contribution in [1.82, 2.24) is 15.0 Å². The third-order valence-electron chi connectivity index (χ3n) is 4.25. The third kappa shape index (κ3) is 2.80. The summed E-state index contributed by atoms with van der Waals surface area (Å²) in [5, 5.41) is 3.25. The fraction of sp³-hybridized carbons (Fsp3) is 0.211. The van der Waals surface area contributed by atoms with Crippen LogP contribution in [0, 0.1) is 0 Å². The second kappa shape index (κ2) is 6.28. The van der Waals surface area contributed by atoms with E-state index in [1.165, 1.54) is 11.3 Å². The van der Waals surface area contributed by atoms with Crippen molar-refractivity contribution in [1.29, 1.82) is 0 Å². The SMILES string of the molecule is CC1Cc2ccccc2N1c1ccnc(NCc2ccccn2)n1. The van der Waals surface area contributed by atoms with Gasteiger partial charge in [0.05, 0.1) is 12.2 Å². The summed E-state index contributed by atoms with van der Waals surface area (Å²) in [6, 6.07) is 16.7. The van der Waals surface area contributed by atoms with Crippen LogP contribution >= 0.6 is 0 Å². The Hall–Kier alpha value is -2.95. The maximum Gasteiger partial charge on any atom is 0.224 e. The van der Waals surface area contributed by atoms with E-state index in [1.807, 2.05) is 24.3 Å². The number of fused-ring (bicyclic) bond motifs is 1. The Kier molecular flexibility index (Phi) is 3.83. The van der Waals surface area contributed by atoms with Gasteiger partial charge in [0.2, 0.25) is 5.95 Å². The fourth-order valence-electron chi connectivity index (χ4n) is 3.16.